The van der Waals surface area contributed by atoms with E-state index >= 15 is 0 Å². The number of rotatable bonds is 2. The molecule has 3 rings (SSSR count). The third-order valence-corrected chi connectivity index (χ3v) is 5.24. The van der Waals surface area contributed by atoms with E-state index in [1.807, 2.05) is 0 Å². The number of pyridine rings is 1. The second kappa shape index (κ2) is 4.96. The molecule has 2 aromatic rings. The fourth-order valence-corrected chi connectivity index (χ4v) is 3.97. The Kier molecular flexibility index (Phi) is 3.27. The first-order valence-electron chi connectivity index (χ1n) is 5.96. The molecule has 0 N–H and O–H groups in total. The molecule has 2 heterocycles. The monoisotopic (exact) mass is 310 g/mol. The van der Waals surface area contributed by atoms with Gasteiger partial charge in [-0.1, -0.05) is 23.7 Å². The minimum absolute atomic E-state index is 0.00151. The molecule has 0 spiro atoms. The normalized spacial score (nSPS) is 14.6. The maximum atomic E-state index is 12.7. The Morgan fingerprint density at radius 2 is 2.00 bits per heavy atom. The van der Waals surface area contributed by atoms with Gasteiger partial charge in [0.1, 0.15) is 22.4 Å². The third-order valence-electron chi connectivity index (χ3n) is 2.98. The van der Waals surface area contributed by atoms with Crippen LogP contribution in [-0.4, -0.2) is 26.6 Å². The molecule has 5 nitrogen and oxygen atoms in total. The number of anilines is 1. The number of hydrogen-bond donors (Lipinski definition) is 0. The van der Waals surface area contributed by atoms with Gasteiger partial charge in [-0.25, -0.2) is 13.4 Å². The number of fused-ring (bicyclic) bond motifs is 1. The first kappa shape index (κ1) is 13.2. The van der Waals surface area contributed by atoms with Crippen LogP contribution in [-0.2, 0) is 10.0 Å². The molecule has 0 atom stereocenters. The van der Waals surface area contributed by atoms with E-state index in [4.69, 9.17) is 16.3 Å². The summed E-state index contributed by atoms with van der Waals surface area (Å²) in [5.74, 6) is 0.544. The molecule has 1 aliphatic heterocycles. The zero-order valence-electron chi connectivity index (χ0n) is 10.4. The summed E-state index contributed by atoms with van der Waals surface area (Å²) in [5, 5.41) is -0.0310. The van der Waals surface area contributed by atoms with Crippen molar-refractivity contribution < 1.29 is 13.2 Å². The number of nitrogens with zero attached hydrogens (tertiary/aromatic N) is 2. The minimum atomic E-state index is -3.75. The van der Waals surface area contributed by atoms with E-state index in [9.17, 15) is 8.42 Å². The summed E-state index contributed by atoms with van der Waals surface area (Å²) in [6.45, 7) is 0.540. The van der Waals surface area contributed by atoms with Crippen LogP contribution in [0, 0.1) is 0 Å². The Morgan fingerprint density at radius 1 is 1.20 bits per heavy atom. The van der Waals surface area contributed by atoms with Crippen LogP contribution < -0.4 is 9.04 Å². The molecule has 0 bridgehead atoms. The Labute approximate surface area is 121 Å². The van der Waals surface area contributed by atoms with Gasteiger partial charge in [0.2, 0.25) is 0 Å². The van der Waals surface area contributed by atoms with Crippen molar-refractivity contribution in [2.24, 2.45) is 0 Å². The molecule has 0 saturated carbocycles. The Balaban J connectivity index is 2.13. The number of sulfonamides is 1. The predicted molar refractivity (Wildman–Crippen MR) is 75.7 cm³/mol. The lowest BCUT2D eigenvalue weighted by Crippen LogP contribution is -2.38. The molecule has 104 valence electrons. The van der Waals surface area contributed by atoms with Gasteiger partial charge in [-0.3, -0.25) is 4.31 Å². The van der Waals surface area contributed by atoms with Crippen molar-refractivity contribution in [2.45, 2.75) is 4.90 Å². The molecule has 0 aliphatic carbocycles. The van der Waals surface area contributed by atoms with Crippen LogP contribution in [0.4, 0.5) is 5.69 Å². The second-order valence-corrected chi connectivity index (χ2v) is 6.37. The highest BCUT2D eigenvalue weighted by Crippen LogP contribution is 2.35. The Morgan fingerprint density at radius 3 is 2.80 bits per heavy atom. The van der Waals surface area contributed by atoms with Crippen molar-refractivity contribution in [3.8, 4) is 5.75 Å². The molecule has 0 fully saturated rings. The van der Waals surface area contributed by atoms with Crippen LogP contribution in [0.1, 0.15) is 0 Å². The number of hydrogen-bond acceptors (Lipinski definition) is 4. The lowest BCUT2D eigenvalue weighted by Gasteiger charge is -2.30. The van der Waals surface area contributed by atoms with E-state index in [1.165, 1.54) is 16.6 Å². The second-order valence-electron chi connectivity index (χ2n) is 4.19. The van der Waals surface area contributed by atoms with Crippen molar-refractivity contribution >= 4 is 27.3 Å². The highest BCUT2D eigenvalue weighted by molar-refractivity contribution is 7.93. The minimum Gasteiger partial charge on any atom is -0.489 e. The van der Waals surface area contributed by atoms with Crippen LogP contribution in [0.2, 0.25) is 5.15 Å². The van der Waals surface area contributed by atoms with Gasteiger partial charge in [0.15, 0.2) is 0 Å². The number of halogens is 1. The zero-order valence-corrected chi connectivity index (χ0v) is 11.9. The van der Waals surface area contributed by atoms with Crippen molar-refractivity contribution in [1.82, 2.24) is 4.98 Å². The predicted octanol–water partition coefficient (Wildman–Crippen LogP) is 2.32. The summed E-state index contributed by atoms with van der Waals surface area (Å²) < 4.78 is 32.2. The van der Waals surface area contributed by atoms with Gasteiger partial charge in [-0.15, -0.1) is 0 Å². The summed E-state index contributed by atoms with van der Waals surface area (Å²) in [5.41, 5.74) is 0.513. The standard InChI is InChI=1S/C13H11ClN2O3S/c14-13-12(6-3-7-15-13)20(17,18)16-8-9-19-11-5-2-1-4-10(11)16/h1-7H,8-9H2. The lowest BCUT2D eigenvalue weighted by atomic mass is 10.2. The number of benzene rings is 1. The lowest BCUT2D eigenvalue weighted by molar-refractivity contribution is 0.316. The molecule has 0 unspecified atom stereocenters. The maximum Gasteiger partial charge on any atom is 0.267 e. The van der Waals surface area contributed by atoms with Gasteiger partial charge in [0, 0.05) is 6.20 Å². The van der Waals surface area contributed by atoms with E-state index in [2.05, 4.69) is 4.98 Å². The molecular formula is C13H11ClN2O3S. The molecule has 7 heteroatoms. The summed E-state index contributed by atoms with van der Waals surface area (Å²) >= 11 is 5.91. The molecule has 1 aromatic carbocycles. The smallest absolute Gasteiger partial charge is 0.267 e. The molecule has 0 radical (unpaired) electrons. The van der Waals surface area contributed by atoms with Gasteiger partial charge < -0.3 is 4.74 Å². The first-order chi connectivity index (χ1) is 9.60. The molecule has 1 aliphatic rings. The van der Waals surface area contributed by atoms with Gasteiger partial charge in [-0.2, -0.15) is 0 Å². The summed E-state index contributed by atoms with van der Waals surface area (Å²) in [4.78, 5) is 3.82. The van der Waals surface area contributed by atoms with Gasteiger partial charge in [0.25, 0.3) is 10.0 Å². The maximum absolute atomic E-state index is 12.7. The SMILES string of the molecule is O=S(=O)(c1cccnc1Cl)N1CCOc2ccccc21. The van der Waals surface area contributed by atoms with Crippen LogP contribution in [0.25, 0.3) is 0 Å². The van der Waals surface area contributed by atoms with Crippen molar-refractivity contribution in [2.75, 3.05) is 17.5 Å². The number of para-hydroxylation sites is 2. The van der Waals surface area contributed by atoms with Crippen molar-refractivity contribution in [3.63, 3.8) is 0 Å². The van der Waals surface area contributed by atoms with Crippen molar-refractivity contribution in [3.05, 3.63) is 47.7 Å². The molecular weight excluding hydrogens is 300 g/mol. The van der Waals surface area contributed by atoms with E-state index < -0.39 is 10.0 Å². The summed E-state index contributed by atoms with van der Waals surface area (Å²) in [7, 11) is -3.75. The fourth-order valence-electron chi connectivity index (χ4n) is 2.08. The largest absolute Gasteiger partial charge is 0.489 e. The van der Waals surface area contributed by atoms with Crippen molar-refractivity contribution in [1.29, 1.82) is 0 Å². The van der Waals surface area contributed by atoms with Crippen LogP contribution in [0.3, 0.4) is 0 Å². The van der Waals surface area contributed by atoms with E-state index in [0.717, 1.165) is 0 Å². The van der Waals surface area contributed by atoms with Crippen LogP contribution >= 0.6 is 11.6 Å². The van der Waals surface area contributed by atoms with E-state index in [0.29, 0.717) is 18.0 Å². The molecule has 0 saturated heterocycles. The van der Waals surface area contributed by atoms with E-state index in [-0.39, 0.29) is 16.6 Å². The number of ether oxygens (including phenoxy) is 1. The van der Waals surface area contributed by atoms with Gasteiger partial charge in [-0.05, 0) is 24.3 Å². The average Bonchev–Trinajstić information content (AvgIpc) is 2.47. The topological polar surface area (TPSA) is 59.5 Å². The van der Waals surface area contributed by atoms with Gasteiger partial charge in [0.05, 0.1) is 12.2 Å². The summed E-state index contributed by atoms with van der Waals surface area (Å²) in [6.07, 6.45) is 1.45. The van der Waals surface area contributed by atoms with Crippen LogP contribution in [0.5, 0.6) is 5.75 Å². The Bertz CT molecular complexity index is 749. The molecule has 1 aromatic heterocycles. The number of aromatic nitrogens is 1. The van der Waals surface area contributed by atoms with Crippen LogP contribution in [0.15, 0.2) is 47.5 Å². The summed E-state index contributed by atoms with van der Waals surface area (Å²) in [6, 6.07) is 10.00. The zero-order chi connectivity index (χ0) is 14.2. The molecule has 0 amide bonds. The quantitative estimate of drug-likeness (QED) is 0.799. The highest BCUT2D eigenvalue weighted by Gasteiger charge is 2.31. The fraction of sp³-hybridized carbons (Fsp3) is 0.154. The highest BCUT2D eigenvalue weighted by atomic mass is 35.5. The Hall–Kier alpha value is -1.79. The van der Waals surface area contributed by atoms with Gasteiger partial charge >= 0.3 is 0 Å². The third kappa shape index (κ3) is 2.10. The van der Waals surface area contributed by atoms with E-state index in [1.54, 1.807) is 30.3 Å². The molecule has 20 heavy (non-hydrogen) atoms. The average molecular weight is 311 g/mol. The first-order valence-corrected chi connectivity index (χ1v) is 7.77.